The summed E-state index contributed by atoms with van der Waals surface area (Å²) in [6.07, 6.45) is 0.807. The molecule has 1 aliphatic carbocycles. The van der Waals surface area contributed by atoms with Gasteiger partial charge in [-0.15, -0.1) is 0 Å². The summed E-state index contributed by atoms with van der Waals surface area (Å²) in [5.74, 6) is 0.602. The minimum Gasteiger partial charge on any atom is -0.495 e. The lowest BCUT2D eigenvalue weighted by Gasteiger charge is -2.12. The van der Waals surface area contributed by atoms with Gasteiger partial charge in [0.25, 0.3) is 0 Å². The van der Waals surface area contributed by atoms with Gasteiger partial charge in [0.15, 0.2) is 0 Å². The molecule has 0 radical (unpaired) electrons. The topological polar surface area (TPSA) is 61.5 Å². The number of esters is 1. The summed E-state index contributed by atoms with van der Waals surface area (Å²) in [5, 5.41) is 0. The predicted octanol–water partition coefficient (Wildman–Crippen LogP) is 2.83. The van der Waals surface area contributed by atoms with Crippen molar-refractivity contribution in [3.63, 3.8) is 0 Å². The molecule has 0 saturated heterocycles. The smallest absolute Gasteiger partial charge is 0.339 e. The number of rotatable bonds is 2. The van der Waals surface area contributed by atoms with E-state index < -0.39 is 5.60 Å². The molecule has 21 heavy (non-hydrogen) atoms. The third-order valence-electron chi connectivity index (χ3n) is 4.44. The molecular weight excluding hydrogens is 266 g/mol. The van der Waals surface area contributed by atoms with Crippen molar-refractivity contribution in [1.82, 2.24) is 0 Å². The summed E-state index contributed by atoms with van der Waals surface area (Å²) >= 11 is 0. The Bertz CT molecular complexity index is 755. The van der Waals surface area contributed by atoms with Gasteiger partial charge in [-0.25, -0.2) is 4.79 Å². The average molecular weight is 281 g/mol. The van der Waals surface area contributed by atoms with E-state index in [0.717, 1.165) is 17.5 Å². The van der Waals surface area contributed by atoms with E-state index in [1.54, 1.807) is 7.11 Å². The molecule has 2 atom stereocenters. The number of benzene rings is 2. The zero-order valence-corrected chi connectivity index (χ0v) is 11.6. The zero-order chi connectivity index (χ0) is 14.6. The van der Waals surface area contributed by atoms with Crippen molar-refractivity contribution in [3.8, 4) is 5.75 Å². The Morgan fingerprint density at radius 1 is 1.29 bits per heavy atom. The molecule has 1 fully saturated rings. The maximum absolute atomic E-state index is 12.0. The molecule has 106 valence electrons. The van der Waals surface area contributed by atoms with Crippen LogP contribution in [-0.4, -0.2) is 13.1 Å². The monoisotopic (exact) mass is 281 g/mol. The second kappa shape index (κ2) is 4.01. The van der Waals surface area contributed by atoms with Crippen molar-refractivity contribution in [3.05, 3.63) is 59.2 Å². The number of nitrogen functional groups attached to an aromatic ring is 1. The largest absolute Gasteiger partial charge is 0.495 e. The van der Waals surface area contributed by atoms with Gasteiger partial charge in [0.1, 0.15) is 11.4 Å². The van der Waals surface area contributed by atoms with Crippen LogP contribution in [-0.2, 0) is 10.3 Å². The van der Waals surface area contributed by atoms with Crippen LogP contribution in [0.3, 0.4) is 0 Å². The quantitative estimate of drug-likeness (QED) is 0.679. The number of methoxy groups -OCH3 is 1. The Morgan fingerprint density at radius 3 is 2.86 bits per heavy atom. The van der Waals surface area contributed by atoms with E-state index in [2.05, 4.69) is 0 Å². The Balaban J connectivity index is 1.73. The van der Waals surface area contributed by atoms with E-state index in [0.29, 0.717) is 17.0 Å². The molecule has 4 heteroatoms. The minimum absolute atomic E-state index is 0.165. The molecule has 0 bridgehead atoms. The SMILES string of the molecule is COc1ccc([C@H]2CC23OC(=O)c2ccccc23)cc1N. The molecular formula is C17H15NO3. The molecule has 2 aromatic rings. The standard InChI is InChI=1S/C17H15NO3/c1-20-15-7-6-10(8-14(15)18)13-9-17(13)12-5-3-2-4-11(12)16(19)21-17/h2-8,13H,9,18H2,1H3/t13-,17?/m1/s1. The highest BCUT2D eigenvalue weighted by Crippen LogP contribution is 2.64. The summed E-state index contributed by atoms with van der Waals surface area (Å²) in [7, 11) is 1.60. The maximum Gasteiger partial charge on any atom is 0.339 e. The predicted molar refractivity (Wildman–Crippen MR) is 78.3 cm³/mol. The molecule has 2 aliphatic rings. The van der Waals surface area contributed by atoms with E-state index in [9.17, 15) is 4.79 Å². The van der Waals surface area contributed by atoms with Gasteiger partial charge >= 0.3 is 5.97 Å². The molecule has 1 spiro atoms. The van der Waals surface area contributed by atoms with Crippen LogP contribution >= 0.6 is 0 Å². The fourth-order valence-corrected chi connectivity index (χ4v) is 3.32. The number of carbonyl (C=O) groups excluding carboxylic acids is 1. The van der Waals surface area contributed by atoms with Gasteiger partial charge in [-0.2, -0.15) is 0 Å². The van der Waals surface area contributed by atoms with Gasteiger partial charge < -0.3 is 15.2 Å². The molecule has 1 unspecified atom stereocenters. The zero-order valence-electron chi connectivity index (χ0n) is 11.6. The van der Waals surface area contributed by atoms with Gasteiger partial charge in [0.2, 0.25) is 0 Å². The molecule has 4 nitrogen and oxygen atoms in total. The first-order valence-electron chi connectivity index (χ1n) is 6.92. The van der Waals surface area contributed by atoms with Crippen LogP contribution < -0.4 is 10.5 Å². The summed E-state index contributed by atoms with van der Waals surface area (Å²) in [5.41, 5.74) is 8.85. The third-order valence-corrected chi connectivity index (χ3v) is 4.44. The Labute approximate surface area is 122 Å². The van der Waals surface area contributed by atoms with Gasteiger partial charge in [0, 0.05) is 17.9 Å². The van der Waals surface area contributed by atoms with Gasteiger partial charge in [-0.05, 0) is 23.8 Å². The lowest BCUT2D eigenvalue weighted by atomic mass is 9.99. The van der Waals surface area contributed by atoms with E-state index >= 15 is 0 Å². The second-order valence-electron chi connectivity index (χ2n) is 5.58. The number of hydrogen-bond acceptors (Lipinski definition) is 4. The molecule has 0 amide bonds. The summed E-state index contributed by atoms with van der Waals surface area (Å²) in [4.78, 5) is 12.0. The summed E-state index contributed by atoms with van der Waals surface area (Å²) < 4.78 is 10.9. The van der Waals surface area contributed by atoms with Crippen LogP contribution in [0.2, 0.25) is 0 Å². The van der Waals surface area contributed by atoms with E-state index in [1.165, 1.54) is 0 Å². The molecule has 4 rings (SSSR count). The number of fused-ring (bicyclic) bond motifs is 2. The van der Waals surface area contributed by atoms with Gasteiger partial charge in [-0.1, -0.05) is 24.3 Å². The van der Waals surface area contributed by atoms with Crippen molar-refractivity contribution in [2.75, 3.05) is 12.8 Å². The Hall–Kier alpha value is -2.49. The molecule has 0 aromatic heterocycles. The number of ether oxygens (including phenoxy) is 2. The Morgan fingerprint density at radius 2 is 2.10 bits per heavy atom. The van der Waals surface area contributed by atoms with E-state index in [4.69, 9.17) is 15.2 Å². The highest BCUT2D eigenvalue weighted by Gasteiger charge is 2.64. The first-order chi connectivity index (χ1) is 10.2. The van der Waals surface area contributed by atoms with Crippen molar-refractivity contribution in [1.29, 1.82) is 0 Å². The molecule has 2 aromatic carbocycles. The second-order valence-corrected chi connectivity index (χ2v) is 5.58. The number of nitrogens with two attached hydrogens (primary N) is 1. The van der Waals surface area contributed by atoms with Crippen LogP contribution in [0.15, 0.2) is 42.5 Å². The lowest BCUT2D eigenvalue weighted by Crippen LogP contribution is -2.09. The maximum atomic E-state index is 12.0. The van der Waals surface area contributed by atoms with E-state index in [-0.39, 0.29) is 11.9 Å². The lowest BCUT2D eigenvalue weighted by molar-refractivity contribution is 0.0298. The normalized spacial score (nSPS) is 25.6. The van der Waals surface area contributed by atoms with Crippen molar-refractivity contribution < 1.29 is 14.3 Å². The third kappa shape index (κ3) is 1.59. The van der Waals surface area contributed by atoms with Crippen LogP contribution in [0.5, 0.6) is 5.75 Å². The average Bonchev–Trinajstić information content (AvgIpc) is 3.14. The number of anilines is 1. The van der Waals surface area contributed by atoms with E-state index in [1.807, 2.05) is 42.5 Å². The number of carbonyl (C=O) groups is 1. The number of hydrogen-bond donors (Lipinski definition) is 1. The van der Waals surface area contributed by atoms with Gasteiger partial charge in [0.05, 0.1) is 18.4 Å². The summed E-state index contributed by atoms with van der Waals surface area (Å²) in [6, 6.07) is 13.4. The van der Waals surface area contributed by atoms with Crippen LogP contribution in [0, 0.1) is 0 Å². The van der Waals surface area contributed by atoms with Crippen LogP contribution in [0.25, 0.3) is 0 Å². The molecule has 1 saturated carbocycles. The van der Waals surface area contributed by atoms with Gasteiger partial charge in [-0.3, -0.25) is 0 Å². The van der Waals surface area contributed by atoms with Crippen molar-refractivity contribution in [2.24, 2.45) is 0 Å². The Kier molecular flexibility index (Phi) is 2.34. The fraction of sp³-hybridized carbons (Fsp3) is 0.235. The van der Waals surface area contributed by atoms with Crippen LogP contribution in [0.4, 0.5) is 5.69 Å². The van der Waals surface area contributed by atoms with Crippen LogP contribution in [0.1, 0.15) is 33.8 Å². The fourth-order valence-electron chi connectivity index (χ4n) is 3.32. The highest BCUT2D eigenvalue weighted by atomic mass is 16.6. The highest BCUT2D eigenvalue weighted by molar-refractivity contribution is 5.95. The minimum atomic E-state index is -0.491. The van der Waals surface area contributed by atoms with Crippen molar-refractivity contribution in [2.45, 2.75) is 17.9 Å². The summed E-state index contributed by atoms with van der Waals surface area (Å²) in [6.45, 7) is 0. The first-order valence-corrected chi connectivity index (χ1v) is 6.92. The first kappa shape index (κ1) is 12.3. The molecule has 2 N–H and O–H groups in total. The molecule has 1 heterocycles. The molecule has 1 aliphatic heterocycles. The van der Waals surface area contributed by atoms with Crippen molar-refractivity contribution >= 4 is 11.7 Å².